The molecule has 4 rings (SSSR count). The molecule has 3 aromatic heterocycles. The Morgan fingerprint density at radius 3 is 3.00 bits per heavy atom. The Kier molecular flexibility index (Phi) is 4.12. The van der Waals surface area contributed by atoms with Gasteiger partial charge in [-0.25, -0.2) is 0 Å². The lowest BCUT2D eigenvalue weighted by Gasteiger charge is -2.25. The highest BCUT2D eigenvalue weighted by Gasteiger charge is 2.28. The Hall–Kier alpha value is -3.22. The second-order valence-corrected chi connectivity index (χ2v) is 5.70. The van der Waals surface area contributed by atoms with Crippen LogP contribution in [-0.4, -0.2) is 32.5 Å². The summed E-state index contributed by atoms with van der Waals surface area (Å²) < 4.78 is 11.1. The molecule has 126 valence electrons. The molecule has 25 heavy (non-hydrogen) atoms. The molecule has 0 N–H and O–H groups in total. The first kappa shape index (κ1) is 15.3. The van der Waals surface area contributed by atoms with Gasteiger partial charge in [-0.3, -0.25) is 14.8 Å². The van der Waals surface area contributed by atoms with E-state index in [0.29, 0.717) is 36.6 Å². The molecule has 4 heterocycles. The third-order valence-electron chi connectivity index (χ3n) is 4.09. The summed E-state index contributed by atoms with van der Waals surface area (Å²) in [6.45, 7) is 1.30. The molecule has 3 aromatic rings. The van der Waals surface area contributed by atoms with Gasteiger partial charge in [0.25, 0.3) is 5.91 Å². The number of aromatic nitrogens is 3. The van der Waals surface area contributed by atoms with Crippen LogP contribution in [0.1, 0.15) is 27.5 Å². The van der Waals surface area contributed by atoms with E-state index < -0.39 is 0 Å². The van der Waals surface area contributed by atoms with E-state index in [1.807, 2.05) is 12.1 Å². The van der Waals surface area contributed by atoms with Gasteiger partial charge >= 0.3 is 0 Å². The molecule has 0 spiro atoms. The summed E-state index contributed by atoms with van der Waals surface area (Å²) in [6.07, 6.45) is 5.58. The van der Waals surface area contributed by atoms with Crippen LogP contribution in [0.15, 0.2) is 53.4 Å². The van der Waals surface area contributed by atoms with Gasteiger partial charge in [-0.15, -0.1) is 0 Å². The van der Waals surface area contributed by atoms with Gasteiger partial charge in [0.15, 0.2) is 0 Å². The Morgan fingerprint density at radius 2 is 2.20 bits per heavy atom. The molecule has 7 nitrogen and oxygen atoms in total. The maximum absolute atomic E-state index is 12.6. The number of fused-ring (bicyclic) bond motifs is 1. The zero-order valence-electron chi connectivity index (χ0n) is 13.5. The number of carbonyl (C=O) groups is 1. The number of ether oxygens (including phenoxy) is 1. The largest absolute Gasteiger partial charge is 0.486 e. The molecule has 0 saturated heterocycles. The van der Waals surface area contributed by atoms with E-state index in [4.69, 9.17) is 9.26 Å². The van der Waals surface area contributed by atoms with E-state index in [9.17, 15) is 4.79 Å². The Morgan fingerprint density at radius 1 is 1.24 bits per heavy atom. The number of pyridine rings is 2. The fraction of sp³-hybridized carbons (Fsp3) is 0.222. The minimum Gasteiger partial charge on any atom is -0.486 e. The van der Waals surface area contributed by atoms with Crippen LogP contribution in [0.25, 0.3) is 0 Å². The fourth-order valence-electron chi connectivity index (χ4n) is 2.79. The predicted octanol–water partition coefficient (Wildman–Crippen LogP) is 2.24. The second kappa shape index (κ2) is 6.72. The van der Waals surface area contributed by atoms with Gasteiger partial charge < -0.3 is 14.2 Å². The Labute approximate surface area is 144 Å². The molecule has 0 saturated carbocycles. The number of hydrogen-bond acceptors (Lipinski definition) is 6. The van der Waals surface area contributed by atoms with E-state index >= 15 is 0 Å². The topological polar surface area (TPSA) is 81.4 Å². The van der Waals surface area contributed by atoms with Crippen molar-refractivity contribution in [1.82, 2.24) is 20.0 Å². The molecular formula is C18H16N4O3. The van der Waals surface area contributed by atoms with Crippen LogP contribution in [0.3, 0.4) is 0 Å². The molecule has 1 amide bonds. The van der Waals surface area contributed by atoms with Crippen molar-refractivity contribution in [2.24, 2.45) is 0 Å². The summed E-state index contributed by atoms with van der Waals surface area (Å²) in [5.41, 5.74) is 2.06. The maximum atomic E-state index is 12.6. The third-order valence-corrected chi connectivity index (χ3v) is 4.09. The number of hydrogen-bond donors (Lipinski definition) is 0. The zero-order valence-corrected chi connectivity index (χ0v) is 13.5. The van der Waals surface area contributed by atoms with Crippen LogP contribution in [0.5, 0.6) is 5.75 Å². The van der Waals surface area contributed by atoms with Gasteiger partial charge in [0.05, 0.1) is 12.7 Å². The molecule has 7 heteroatoms. The van der Waals surface area contributed by atoms with Crippen molar-refractivity contribution in [3.63, 3.8) is 0 Å². The van der Waals surface area contributed by atoms with Crippen molar-refractivity contribution in [3.8, 4) is 5.75 Å². The summed E-state index contributed by atoms with van der Waals surface area (Å²) in [4.78, 5) is 22.5. The van der Waals surface area contributed by atoms with Gasteiger partial charge in [-0.2, -0.15) is 0 Å². The van der Waals surface area contributed by atoms with Gasteiger partial charge in [0.1, 0.15) is 29.5 Å². The van der Waals surface area contributed by atoms with Crippen molar-refractivity contribution in [2.75, 3.05) is 6.54 Å². The Bertz CT molecular complexity index is 865. The fourth-order valence-corrected chi connectivity index (χ4v) is 2.79. The second-order valence-electron chi connectivity index (χ2n) is 5.70. The molecule has 0 radical (unpaired) electrons. The van der Waals surface area contributed by atoms with Crippen LogP contribution in [0, 0.1) is 0 Å². The standard InChI is InChI=1S/C18H16N4O3/c23-18(15-5-1-2-8-20-15)22-9-6-17-14(11-22)16(21-25-17)12-24-13-4-3-7-19-10-13/h1-5,7-8,10H,6,9,11-12H2. The highest BCUT2D eigenvalue weighted by Crippen LogP contribution is 2.24. The lowest BCUT2D eigenvalue weighted by Crippen LogP contribution is -2.36. The molecular weight excluding hydrogens is 320 g/mol. The minimum absolute atomic E-state index is 0.0911. The summed E-state index contributed by atoms with van der Waals surface area (Å²) in [7, 11) is 0. The van der Waals surface area contributed by atoms with E-state index in [1.165, 1.54) is 0 Å². The quantitative estimate of drug-likeness (QED) is 0.727. The molecule has 0 fully saturated rings. The third kappa shape index (κ3) is 3.21. The average Bonchev–Trinajstić information content (AvgIpc) is 3.09. The normalized spacial score (nSPS) is 13.4. The van der Waals surface area contributed by atoms with Crippen molar-refractivity contribution >= 4 is 5.91 Å². The minimum atomic E-state index is -0.0911. The SMILES string of the molecule is O=C(c1ccccn1)N1CCc2onc(COc3cccnc3)c2C1. The molecule has 0 atom stereocenters. The molecule has 0 bridgehead atoms. The zero-order chi connectivity index (χ0) is 17.1. The monoisotopic (exact) mass is 336 g/mol. The average molecular weight is 336 g/mol. The highest BCUT2D eigenvalue weighted by molar-refractivity contribution is 5.92. The van der Waals surface area contributed by atoms with Crippen LogP contribution in [-0.2, 0) is 19.6 Å². The van der Waals surface area contributed by atoms with Gasteiger partial charge in [-0.1, -0.05) is 11.2 Å². The van der Waals surface area contributed by atoms with Crippen LogP contribution in [0.2, 0.25) is 0 Å². The van der Waals surface area contributed by atoms with Crippen LogP contribution < -0.4 is 4.74 Å². The van der Waals surface area contributed by atoms with Crippen molar-refractivity contribution in [1.29, 1.82) is 0 Å². The van der Waals surface area contributed by atoms with E-state index in [0.717, 1.165) is 11.3 Å². The first-order chi connectivity index (χ1) is 12.3. The predicted molar refractivity (Wildman–Crippen MR) is 87.8 cm³/mol. The van der Waals surface area contributed by atoms with Crippen molar-refractivity contribution in [2.45, 2.75) is 19.6 Å². The number of amides is 1. The van der Waals surface area contributed by atoms with Gasteiger partial charge in [-0.05, 0) is 24.3 Å². The molecule has 1 aliphatic heterocycles. The van der Waals surface area contributed by atoms with E-state index in [1.54, 1.807) is 41.7 Å². The smallest absolute Gasteiger partial charge is 0.272 e. The van der Waals surface area contributed by atoms with E-state index in [2.05, 4.69) is 15.1 Å². The van der Waals surface area contributed by atoms with Crippen LogP contribution >= 0.6 is 0 Å². The number of nitrogens with zero attached hydrogens (tertiary/aromatic N) is 4. The Balaban J connectivity index is 1.49. The molecule has 0 unspecified atom stereocenters. The van der Waals surface area contributed by atoms with Crippen molar-refractivity contribution < 1.29 is 14.1 Å². The summed E-state index contributed by atoms with van der Waals surface area (Å²) in [5, 5.41) is 4.11. The lowest BCUT2D eigenvalue weighted by atomic mass is 10.1. The first-order valence-electron chi connectivity index (χ1n) is 8.00. The first-order valence-corrected chi connectivity index (χ1v) is 8.00. The number of carbonyl (C=O) groups excluding carboxylic acids is 1. The van der Waals surface area contributed by atoms with E-state index in [-0.39, 0.29) is 12.5 Å². The van der Waals surface area contributed by atoms with Crippen LogP contribution in [0.4, 0.5) is 0 Å². The highest BCUT2D eigenvalue weighted by atomic mass is 16.5. The molecule has 1 aliphatic rings. The molecule has 0 aliphatic carbocycles. The van der Waals surface area contributed by atoms with Gasteiger partial charge in [0, 0.05) is 30.9 Å². The lowest BCUT2D eigenvalue weighted by molar-refractivity contribution is 0.0722. The van der Waals surface area contributed by atoms with Gasteiger partial charge in [0.2, 0.25) is 0 Å². The van der Waals surface area contributed by atoms with Crippen molar-refractivity contribution in [3.05, 3.63) is 71.6 Å². The summed E-state index contributed by atoms with van der Waals surface area (Å²) in [5.74, 6) is 1.39. The summed E-state index contributed by atoms with van der Waals surface area (Å²) in [6, 6.07) is 8.95. The summed E-state index contributed by atoms with van der Waals surface area (Å²) >= 11 is 0. The molecule has 0 aromatic carbocycles. The number of rotatable bonds is 4. The maximum Gasteiger partial charge on any atom is 0.272 e.